The van der Waals surface area contributed by atoms with Gasteiger partial charge in [0.2, 0.25) is 0 Å². The third-order valence-electron chi connectivity index (χ3n) is 3.09. The summed E-state index contributed by atoms with van der Waals surface area (Å²) in [5.74, 6) is 7.62. The van der Waals surface area contributed by atoms with Crippen molar-refractivity contribution in [1.82, 2.24) is 5.32 Å². The highest BCUT2D eigenvalue weighted by Gasteiger charge is 2.09. The second-order valence-corrected chi connectivity index (χ2v) is 5.95. The van der Waals surface area contributed by atoms with Crippen LogP contribution in [0.1, 0.15) is 22.8 Å². The second-order valence-electron chi connectivity index (χ2n) is 4.64. The molecule has 23 heavy (non-hydrogen) atoms. The number of hydrogen-bond acceptors (Lipinski definition) is 3. The Bertz CT molecular complexity index is 714. The summed E-state index contributed by atoms with van der Waals surface area (Å²) < 4.78 is 5.10. The molecule has 0 saturated heterocycles. The first kappa shape index (κ1) is 17.0. The summed E-state index contributed by atoms with van der Waals surface area (Å²) >= 11 is 1.66. The Hall–Kier alpha value is -2.38. The first-order chi connectivity index (χ1) is 11.2. The van der Waals surface area contributed by atoms with Crippen molar-refractivity contribution in [2.75, 3.05) is 19.4 Å². The zero-order valence-corrected chi connectivity index (χ0v) is 14.1. The molecule has 0 heterocycles. The minimum atomic E-state index is -0.0921. The normalized spacial score (nSPS) is 9.65. The average molecular weight is 325 g/mol. The fourth-order valence-corrected chi connectivity index (χ4v) is 2.78. The number of benzene rings is 2. The summed E-state index contributed by atoms with van der Waals surface area (Å²) in [7, 11) is 1.63. The number of ether oxygens (including phenoxy) is 1. The van der Waals surface area contributed by atoms with Crippen LogP contribution in [0.5, 0.6) is 5.75 Å². The van der Waals surface area contributed by atoms with Crippen molar-refractivity contribution in [3.05, 3.63) is 59.7 Å². The molecule has 2 aromatic carbocycles. The predicted octanol–water partition coefficient (Wildman–Crippen LogP) is 3.59. The van der Waals surface area contributed by atoms with Crippen molar-refractivity contribution in [2.45, 2.75) is 11.8 Å². The molecular weight excluding hydrogens is 306 g/mol. The number of amides is 1. The second kappa shape index (κ2) is 8.92. The lowest BCUT2D eigenvalue weighted by Crippen LogP contribution is -2.24. The number of methoxy groups -OCH3 is 1. The Labute approximate surface area is 141 Å². The molecule has 0 bridgehead atoms. The molecule has 1 amide bonds. The smallest absolute Gasteiger partial charge is 0.253 e. The fourth-order valence-electron chi connectivity index (χ4n) is 1.98. The third-order valence-corrected chi connectivity index (χ3v) is 4.05. The summed E-state index contributed by atoms with van der Waals surface area (Å²) in [6, 6.07) is 15.1. The summed E-state index contributed by atoms with van der Waals surface area (Å²) in [5, 5.41) is 2.84. The highest BCUT2D eigenvalue weighted by molar-refractivity contribution is 7.99. The van der Waals surface area contributed by atoms with E-state index in [1.165, 1.54) is 0 Å². The van der Waals surface area contributed by atoms with E-state index < -0.39 is 0 Å². The van der Waals surface area contributed by atoms with Gasteiger partial charge in [0.25, 0.3) is 5.91 Å². The van der Waals surface area contributed by atoms with E-state index in [0.717, 1.165) is 22.0 Å². The maximum Gasteiger partial charge on any atom is 0.253 e. The summed E-state index contributed by atoms with van der Waals surface area (Å²) in [5.41, 5.74) is 1.59. The SMILES string of the molecule is CCSc1ccccc1C(=O)NCC#Cc1ccc(OC)cc1. The van der Waals surface area contributed by atoms with E-state index in [1.807, 2.05) is 48.5 Å². The van der Waals surface area contributed by atoms with E-state index in [0.29, 0.717) is 12.1 Å². The zero-order chi connectivity index (χ0) is 16.5. The van der Waals surface area contributed by atoms with E-state index in [2.05, 4.69) is 24.1 Å². The van der Waals surface area contributed by atoms with Crippen LogP contribution in [-0.2, 0) is 0 Å². The van der Waals surface area contributed by atoms with Crippen LogP contribution in [0.15, 0.2) is 53.4 Å². The summed E-state index contributed by atoms with van der Waals surface area (Å²) in [4.78, 5) is 13.2. The highest BCUT2D eigenvalue weighted by Crippen LogP contribution is 2.21. The molecule has 0 atom stereocenters. The van der Waals surface area contributed by atoms with Crippen LogP contribution in [0.3, 0.4) is 0 Å². The van der Waals surface area contributed by atoms with Gasteiger partial charge in [-0.05, 0) is 42.2 Å². The molecule has 2 aromatic rings. The Kier molecular flexibility index (Phi) is 6.58. The van der Waals surface area contributed by atoms with Gasteiger partial charge in [0.1, 0.15) is 5.75 Å². The number of carbonyl (C=O) groups is 1. The maximum absolute atomic E-state index is 12.2. The minimum absolute atomic E-state index is 0.0921. The van der Waals surface area contributed by atoms with Gasteiger partial charge in [-0.3, -0.25) is 4.79 Å². The van der Waals surface area contributed by atoms with Crippen LogP contribution < -0.4 is 10.1 Å². The first-order valence-corrected chi connectivity index (χ1v) is 8.36. The van der Waals surface area contributed by atoms with E-state index >= 15 is 0 Å². The van der Waals surface area contributed by atoms with E-state index in [-0.39, 0.29) is 5.91 Å². The average Bonchev–Trinajstić information content (AvgIpc) is 2.60. The molecule has 0 aliphatic rings. The molecular formula is C19H19NO2S. The fraction of sp³-hybridized carbons (Fsp3) is 0.211. The van der Waals surface area contributed by atoms with Gasteiger partial charge >= 0.3 is 0 Å². The van der Waals surface area contributed by atoms with Crippen molar-refractivity contribution in [3.63, 3.8) is 0 Å². The van der Waals surface area contributed by atoms with Gasteiger partial charge < -0.3 is 10.1 Å². The van der Waals surface area contributed by atoms with E-state index in [1.54, 1.807) is 18.9 Å². The molecule has 0 saturated carbocycles. The van der Waals surface area contributed by atoms with E-state index in [4.69, 9.17) is 4.74 Å². The molecule has 2 rings (SSSR count). The van der Waals surface area contributed by atoms with Crippen LogP contribution in [-0.4, -0.2) is 25.3 Å². The molecule has 0 spiro atoms. The van der Waals surface area contributed by atoms with Gasteiger partial charge in [0.05, 0.1) is 19.2 Å². The Morgan fingerprint density at radius 3 is 2.61 bits per heavy atom. The van der Waals surface area contributed by atoms with Crippen molar-refractivity contribution >= 4 is 17.7 Å². The van der Waals surface area contributed by atoms with Crippen molar-refractivity contribution in [3.8, 4) is 17.6 Å². The van der Waals surface area contributed by atoms with Crippen molar-refractivity contribution in [2.24, 2.45) is 0 Å². The zero-order valence-electron chi connectivity index (χ0n) is 13.3. The Morgan fingerprint density at radius 1 is 1.17 bits per heavy atom. The number of thioether (sulfide) groups is 1. The molecule has 0 aromatic heterocycles. The number of carbonyl (C=O) groups excluding carboxylic acids is 1. The van der Waals surface area contributed by atoms with Gasteiger partial charge in [-0.25, -0.2) is 0 Å². The standard InChI is InChI=1S/C19H19NO2S/c1-3-23-18-9-5-4-8-17(18)19(21)20-14-6-7-15-10-12-16(22-2)13-11-15/h4-5,8-13H,3,14H2,1-2H3,(H,20,21). The third kappa shape index (κ3) is 5.08. The molecule has 0 fully saturated rings. The number of hydrogen-bond donors (Lipinski definition) is 1. The van der Waals surface area contributed by atoms with Crippen LogP contribution in [0.25, 0.3) is 0 Å². The Balaban J connectivity index is 1.93. The Morgan fingerprint density at radius 2 is 1.91 bits per heavy atom. The van der Waals surface area contributed by atoms with Gasteiger partial charge in [0.15, 0.2) is 0 Å². The van der Waals surface area contributed by atoms with Gasteiger partial charge in [-0.1, -0.05) is 30.9 Å². The minimum Gasteiger partial charge on any atom is -0.497 e. The molecule has 0 aliphatic carbocycles. The van der Waals surface area contributed by atoms with Crippen molar-refractivity contribution < 1.29 is 9.53 Å². The summed E-state index contributed by atoms with van der Waals surface area (Å²) in [6.45, 7) is 2.38. The number of nitrogens with one attached hydrogen (secondary N) is 1. The lowest BCUT2D eigenvalue weighted by molar-refractivity contribution is 0.0956. The van der Waals surface area contributed by atoms with E-state index in [9.17, 15) is 4.79 Å². The van der Waals surface area contributed by atoms with Gasteiger partial charge in [0, 0.05) is 10.5 Å². The maximum atomic E-state index is 12.2. The lowest BCUT2D eigenvalue weighted by atomic mass is 10.2. The monoisotopic (exact) mass is 325 g/mol. The largest absolute Gasteiger partial charge is 0.497 e. The topological polar surface area (TPSA) is 38.3 Å². The molecule has 3 nitrogen and oxygen atoms in total. The molecule has 1 N–H and O–H groups in total. The molecule has 0 unspecified atom stereocenters. The van der Waals surface area contributed by atoms with Crippen LogP contribution in [0, 0.1) is 11.8 Å². The van der Waals surface area contributed by atoms with Crippen LogP contribution in [0.4, 0.5) is 0 Å². The van der Waals surface area contributed by atoms with Crippen LogP contribution in [0.2, 0.25) is 0 Å². The molecule has 0 radical (unpaired) electrons. The lowest BCUT2D eigenvalue weighted by Gasteiger charge is -2.07. The van der Waals surface area contributed by atoms with Crippen LogP contribution >= 0.6 is 11.8 Å². The van der Waals surface area contributed by atoms with Gasteiger partial charge in [-0.15, -0.1) is 11.8 Å². The highest BCUT2D eigenvalue weighted by atomic mass is 32.2. The van der Waals surface area contributed by atoms with Gasteiger partial charge in [-0.2, -0.15) is 0 Å². The first-order valence-electron chi connectivity index (χ1n) is 7.37. The molecule has 118 valence electrons. The quantitative estimate of drug-likeness (QED) is 0.674. The summed E-state index contributed by atoms with van der Waals surface area (Å²) in [6.07, 6.45) is 0. The number of rotatable bonds is 5. The van der Waals surface area contributed by atoms with Crippen molar-refractivity contribution in [1.29, 1.82) is 0 Å². The molecule has 4 heteroatoms. The molecule has 0 aliphatic heterocycles. The predicted molar refractivity (Wildman–Crippen MR) is 95.0 cm³/mol.